The Morgan fingerprint density at radius 1 is 0.600 bits per heavy atom. The molecule has 6 aliphatic carbocycles. The second kappa shape index (κ2) is 12.1. The van der Waals surface area contributed by atoms with Crippen molar-refractivity contribution in [3.05, 3.63) is 151 Å². The Morgan fingerprint density at radius 2 is 1.06 bits per heavy atom. The minimum atomic E-state index is -2.86. The van der Waals surface area contributed by atoms with Crippen LogP contribution in [0.1, 0.15) is 123 Å². The molecule has 0 nitrogen and oxygen atoms in total. The summed E-state index contributed by atoms with van der Waals surface area (Å²) in [6.07, 6.45) is 15.2. The molecule has 4 aromatic carbocycles. The zero-order chi connectivity index (χ0) is 34.4. The van der Waals surface area contributed by atoms with Gasteiger partial charge < -0.3 is 0 Å². The number of hydrogen-bond acceptors (Lipinski definition) is 0. The SMILES string of the molecule is CC(C)(C)c1ccc2c(c1)-c1cc(C(C)(C)C)ccc1[CH]2[Zr]([C]1=C(C23CC4CC(CC(C4)C2)C3)C=CC1)=[C](c1ccccc1)c1ccccc1. The Balaban J connectivity index is 1.37. The van der Waals surface area contributed by atoms with Gasteiger partial charge in [-0.05, 0) is 0 Å². The summed E-state index contributed by atoms with van der Waals surface area (Å²) in [5.74, 6) is 2.84. The first-order valence-corrected chi connectivity index (χ1v) is 23.4. The molecule has 1 heteroatoms. The first-order chi connectivity index (χ1) is 24.0. The predicted molar refractivity (Wildman–Crippen MR) is 209 cm³/mol. The summed E-state index contributed by atoms with van der Waals surface area (Å²) in [4.78, 5) is 0. The fourth-order valence-electron chi connectivity index (χ4n) is 11.3. The molecular weight excluding hydrogens is 680 g/mol. The van der Waals surface area contributed by atoms with Crippen LogP contribution in [0, 0.1) is 23.2 Å². The Morgan fingerprint density at radius 3 is 1.50 bits per heavy atom. The fraction of sp³-hybridized carbons (Fsp3) is 0.408. The molecule has 4 bridgehead atoms. The number of fused-ring (bicyclic) bond motifs is 3. The topological polar surface area (TPSA) is 0 Å². The van der Waals surface area contributed by atoms with Crippen LogP contribution in [0.5, 0.6) is 0 Å². The Kier molecular flexibility index (Phi) is 7.97. The molecule has 10 rings (SSSR count). The molecule has 50 heavy (non-hydrogen) atoms. The van der Waals surface area contributed by atoms with Crippen molar-refractivity contribution in [1.29, 1.82) is 0 Å². The van der Waals surface area contributed by atoms with E-state index in [1.807, 2.05) is 8.85 Å². The first-order valence-electron chi connectivity index (χ1n) is 19.5. The molecule has 6 aliphatic rings. The van der Waals surface area contributed by atoms with Gasteiger partial charge in [0.15, 0.2) is 0 Å². The van der Waals surface area contributed by atoms with E-state index in [1.54, 1.807) is 14.3 Å². The normalized spacial score (nSPS) is 25.3. The van der Waals surface area contributed by atoms with Crippen LogP contribution in [0.2, 0.25) is 0 Å². The van der Waals surface area contributed by atoms with Gasteiger partial charge >= 0.3 is 311 Å². The van der Waals surface area contributed by atoms with E-state index in [9.17, 15) is 0 Å². The molecule has 0 unspecified atom stereocenters. The van der Waals surface area contributed by atoms with Crippen molar-refractivity contribution in [3.8, 4) is 11.1 Å². The quantitative estimate of drug-likeness (QED) is 0.192. The van der Waals surface area contributed by atoms with Gasteiger partial charge in [-0.3, -0.25) is 0 Å². The minimum absolute atomic E-state index is 0.103. The number of allylic oxidation sites excluding steroid dienone is 4. The average molecular weight is 734 g/mol. The van der Waals surface area contributed by atoms with Gasteiger partial charge in [-0.2, -0.15) is 0 Å². The molecule has 0 spiro atoms. The molecule has 4 saturated carbocycles. The van der Waals surface area contributed by atoms with Gasteiger partial charge in [0.25, 0.3) is 0 Å². The van der Waals surface area contributed by atoms with Crippen LogP contribution < -0.4 is 0 Å². The van der Waals surface area contributed by atoms with Crippen LogP contribution >= 0.6 is 0 Å². The molecule has 4 fully saturated rings. The maximum absolute atomic E-state index is 2.86. The van der Waals surface area contributed by atoms with Gasteiger partial charge in [0.1, 0.15) is 0 Å². The molecule has 0 amide bonds. The van der Waals surface area contributed by atoms with Gasteiger partial charge in [-0.15, -0.1) is 0 Å². The third-order valence-corrected chi connectivity index (χ3v) is 21.8. The monoisotopic (exact) mass is 732 g/mol. The van der Waals surface area contributed by atoms with Crippen molar-refractivity contribution in [3.63, 3.8) is 0 Å². The molecule has 0 heterocycles. The van der Waals surface area contributed by atoms with Crippen molar-refractivity contribution >= 4 is 3.21 Å². The molecule has 0 saturated heterocycles. The summed E-state index contributed by atoms with van der Waals surface area (Å²) in [6.45, 7) is 14.2. The van der Waals surface area contributed by atoms with Crippen LogP contribution in [-0.4, -0.2) is 3.21 Å². The average Bonchev–Trinajstić information content (AvgIpc) is 3.70. The van der Waals surface area contributed by atoms with Crippen molar-refractivity contribution in [2.75, 3.05) is 0 Å². The Labute approximate surface area is 309 Å². The third-order valence-electron chi connectivity index (χ3n) is 13.3. The molecule has 0 aliphatic heterocycles. The van der Waals surface area contributed by atoms with Crippen molar-refractivity contribution in [2.45, 2.75) is 101 Å². The summed E-state index contributed by atoms with van der Waals surface area (Å²) in [6, 6.07) is 38.5. The zero-order valence-electron chi connectivity index (χ0n) is 31.2. The third kappa shape index (κ3) is 5.52. The molecule has 0 aromatic heterocycles. The van der Waals surface area contributed by atoms with E-state index in [4.69, 9.17) is 0 Å². The molecule has 254 valence electrons. The van der Waals surface area contributed by atoms with Gasteiger partial charge in [-0.1, -0.05) is 0 Å². The van der Waals surface area contributed by atoms with E-state index in [2.05, 4.69) is 151 Å². The van der Waals surface area contributed by atoms with Crippen LogP contribution in [-0.2, 0) is 32.1 Å². The van der Waals surface area contributed by atoms with E-state index < -0.39 is 21.3 Å². The van der Waals surface area contributed by atoms with Gasteiger partial charge in [-0.25, -0.2) is 0 Å². The van der Waals surface area contributed by atoms with Crippen LogP contribution in [0.15, 0.2) is 118 Å². The Bertz CT molecular complexity index is 1920. The van der Waals surface area contributed by atoms with Crippen LogP contribution in [0.3, 0.4) is 0 Å². The molecule has 0 radical (unpaired) electrons. The van der Waals surface area contributed by atoms with Gasteiger partial charge in [0.2, 0.25) is 0 Å². The number of hydrogen-bond donors (Lipinski definition) is 0. The van der Waals surface area contributed by atoms with E-state index >= 15 is 0 Å². The standard InChI is InChI=1S/C21H25.C15H19.C13H10.Zr/c1-20(2,3)16-9-7-14-11-15-8-10-17(21(4,5)6)13-19(15)18(14)12-16;1-2-4-14(3-1)15-8-11-5-12(9-15)7-13(6-11)10-15;1-3-7-12(8-4-1)11-13-9-5-2-6-10-13;/h7-13H,1-6H3;1,3,11-13H,2,5-10H2;1-10H;. The maximum atomic E-state index is 2.68. The number of rotatable bonds is 5. The second-order valence-electron chi connectivity index (χ2n) is 18.8. The molecule has 0 atom stereocenters. The van der Waals surface area contributed by atoms with Crippen molar-refractivity contribution < 1.29 is 21.3 Å². The van der Waals surface area contributed by atoms with Gasteiger partial charge in [0, 0.05) is 0 Å². The molecular formula is C49H54Zr. The summed E-state index contributed by atoms with van der Waals surface area (Å²) in [7, 11) is 0. The fourth-order valence-corrected chi connectivity index (χ4v) is 21.2. The van der Waals surface area contributed by atoms with Crippen LogP contribution in [0.25, 0.3) is 11.1 Å². The zero-order valence-corrected chi connectivity index (χ0v) is 33.6. The van der Waals surface area contributed by atoms with Crippen LogP contribution in [0.4, 0.5) is 0 Å². The van der Waals surface area contributed by atoms with E-state index in [0.717, 1.165) is 24.2 Å². The number of benzene rings is 4. The molecule has 0 N–H and O–H groups in total. The molecule has 4 aromatic rings. The predicted octanol–water partition coefficient (Wildman–Crippen LogP) is 12.7. The van der Waals surface area contributed by atoms with E-state index in [1.165, 1.54) is 71.9 Å². The second-order valence-corrected chi connectivity index (χ2v) is 24.9. The summed E-state index contributed by atoms with van der Waals surface area (Å²) in [5, 5.41) is 0. The summed E-state index contributed by atoms with van der Waals surface area (Å²) in [5.41, 5.74) is 14.4. The first kappa shape index (κ1) is 33.0. The summed E-state index contributed by atoms with van der Waals surface area (Å²) < 4.78 is 4.04. The van der Waals surface area contributed by atoms with E-state index in [-0.39, 0.29) is 10.8 Å². The van der Waals surface area contributed by atoms with E-state index in [0.29, 0.717) is 9.04 Å². The van der Waals surface area contributed by atoms with Crippen molar-refractivity contribution in [2.24, 2.45) is 23.2 Å². The Hall–Kier alpha value is -2.89. The summed E-state index contributed by atoms with van der Waals surface area (Å²) >= 11 is -2.86. The van der Waals surface area contributed by atoms with Crippen molar-refractivity contribution in [1.82, 2.24) is 0 Å². The van der Waals surface area contributed by atoms with Gasteiger partial charge in [0.05, 0.1) is 0 Å².